The minimum Gasteiger partial charge on any atom is -0.350 e. The molecule has 0 radical (unpaired) electrons. The smallest absolute Gasteiger partial charge is 0.254 e. The van der Waals surface area contributed by atoms with Crippen molar-refractivity contribution in [2.24, 2.45) is 5.73 Å². The Bertz CT molecular complexity index is 604. The van der Waals surface area contributed by atoms with Gasteiger partial charge in [-0.05, 0) is 33.6 Å². The molecule has 2 aromatic rings. The maximum atomic E-state index is 13.8. The van der Waals surface area contributed by atoms with Crippen molar-refractivity contribution in [1.29, 1.82) is 0 Å². The van der Waals surface area contributed by atoms with E-state index in [-0.39, 0.29) is 22.6 Å². The molecule has 0 aliphatic carbocycles. The van der Waals surface area contributed by atoms with E-state index in [0.717, 1.165) is 5.56 Å². The van der Waals surface area contributed by atoms with E-state index in [0.29, 0.717) is 0 Å². The van der Waals surface area contributed by atoms with Crippen LogP contribution < -0.4 is 11.1 Å². The SMILES string of the molecule is NC(CNC(=O)c1cccc(Br)c1F)c1ccccc1. The largest absolute Gasteiger partial charge is 0.350 e. The van der Waals surface area contributed by atoms with Crippen LogP contribution >= 0.6 is 15.9 Å². The maximum Gasteiger partial charge on any atom is 0.254 e. The summed E-state index contributed by atoms with van der Waals surface area (Å²) in [6.45, 7) is 0.245. The summed E-state index contributed by atoms with van der Waals surface area (Å²) < 4.78 is 14.0. The zero-order valence-electron chi connectivity index (χ0n) is 10.6. The Balaban J connectivity index is 2.01. The van der Waals surface area contributed by atoms with Gasteiger partial charge >= 0.3 is 0 Å². The van der Waals surface area contributed by atoms with Crippen LogP contribution in [0.15, 0.2) is 53.0 Å². The van der Waals surface area contributed by atoms with Gasteiger partial charge in [0.25, 0.3) is 5.91 Å². The zero-order chi connectivity index (χ0) is 14.5. The maximum absolute atomic E-state index is 13.8. The van der Waals surface area contributed by atoms with E-state index in [2.05, 4.69) is 21.2 Å². The number of halogens is 2. The van der Waals surface area contributed by atoms with E-state index < -0.39 is 11.7 Å². The average Bonchev–Trinajstić information content (AvgIpc) is 2.48. The molecule has 1 atom stereocenters. The minimum absolute atomic E-state index is 0.000336. The van der Waals surface area contributed by atoms with Gasteiger partial charge in [-0.15, -0.1) is 0 Å². The summed E-state index contributed by atoms with van der Waals surface area (Å²) in [7, 11) is 0. The summed E-state index contributed by atoms with van der Waals surface area (Å²) in [5.41, 5.74) is 6.89. The third-order valence-corrected chi connectivity index (χ3v) is 3.52. The Morgan fingerprint density at radius 3 is 2.60 bits per heavy atom. The van der Waals surface area contributed by atoms with E-state index in [1.807, 2.05) is 30.3 Å². The number of nitrogens with two attached hydrogens (primary N) is 1. The van der Waals surface area contributed by atoms with Crippen LogP contribution in [0.4, 0.5) is 4.39 Å². The highest BCUT2D eigenvalue weighted by atomic mass is 79.9. The molecular formula is C15H14BrFN2O. The van der Waals surface area contributed by atoms with Crippen molar-refractivity contribution in [2.75, 3.05) is 6.54 Å². The molecule has 2 aromatic carbocycles. The Labute approximate surface area is 125 Å². The lowest BCUT2D eigenvalue weighted by atomic mass is 10.1. The highest BCUT2D eigenvalue weighted by Crippen LogP contribution is 2.18. The van der Waals surface area contributed by atoms with Gasteiger partial charge in [0.2, 0.25) is 0 Å². The van der Waals surface area contributed by atoms with Crippen LogP contribution in [0.2, 0.25) is 0 Å². The number of carbonyl (C=O) groups excluding carboxylic acids is 1. The molecule has 0 saturated carbocycles. The number of amides is 1. The normalized spacial score (nSPS) is 11.9. The number of benzene rings is 2. The topological polar surface area (TPSA) is 55.1 Å². The molecule has 0 saturated heterocycles. The summed E-state index contributed by atoms with van der Waals surface area (Å²) in [5, 5.41) is 2.64. The third-order valence-electron chi connectivity index (χ3n) is 2.91. The average molecular weight is 337 g/mol. The Morgan fingerprint density at radius 2 is 1.90 bits per heavy atom. The third kappa shape index (κ3) is 3.43. The molecule has 104 valence electrons. The number of hydrogen-bond acceptors (Lipinski definition) is 2. The van der Waals surface area contributed by atoms with E-state index in [1.165, 1.54) is 6.07 Å². The van der Waals surface area contributed by atoms with Crippen LogP contribution in [-0.4, -0.2) is 12.5 Å². The first-order chi connectivity index (χ1) is 9.59. The van der Waals surface area contributed by atoms with Gasteiger partial charge in [-0.25, -0.2) is 4.39 Å². The Kier molecular flexibility index (Phi) is 4.87. The summed E-state index contributed by atoms with van der Waals surface area (Å²) in [5.74, 6) is -1.05. The second-order valence-corrected chi connectivity index (χ2v) is 5.18. The summed E-state index contributed by atoms with van der Waals surface area (Å²) in [6.07, 6.45) is 0. The number of carbonyl (C=O) groups is 1. The summed E-state index contributed by atoms with van der Waals surface area (Å²) >= 11 is 3.05. The van der Waals surface area contributed by atoms with Crippen molar-refractivity contribution in [2.45, 2.75) is 6.04 Å². The molecule has 1 amide bonds. The van der Waals surface area contributed by atoms with Crippen molar-refractivity contribution in [1.82, 2.24) is 5.32 Å². The minimum atomic E-state index is -0.571. The highest BCUT2D eigenvalue weighted by molar-refractivity contribution is 9.10. The molecule has 5 heteroatoms. The first kappa shape index (κ1) is 14.7. The van der Waals surface area contributed by atoms with Crippen LogP contribution in [-0.2, 0) is 0 Å². The molecule has 0 heterocycles. The van der Waals surface area contributed by atoms with Gasteiger partial charge < -0.3 is 11.1 Å². The van der Waals surface area contributed by atoms with Crippen LogP contribution in [0.25, 0.3) is 0 Å². The van der Waals surface area contributed by atoms with Crippen LogP contribution in [0.1, 0.15) is 22.0 Å². The van der Waals surface area contributed by atoms with Crippen LogP contribution in [0.5, 0.6) is 0 Å². The van der Waals surface area contributed by atoms with Gasteiger partial charge in [0.05, 0.1) is 10.0 Å². The van der Waals surface area contributed by atoms with Crippen molar-refractivity contribution >= 4 is 21.8 Å². The van der Waals surface area contributed by atoms with Gasteiger partial charge in [-0.2, -0.15) is 0 Å². The quantitative estimate of drug-likeness (QED) is 0.901. The van der Waals surface area contributed by atoms with Crippen molar-refractivity contribution < 1.29 is 9.18 Å². The van der Waals surface area contributed by atoms with Crippen molar-refractivity contribution in [3.63, 3.8) is 0 Å². The summed E-state index contributed by atoms with van der Waals surface area (Å²) in [6, 6.07) is 13.7. The molecule has 2 rings (SSSR count). The standard InChI is InChI=1S/C15H14BrFN2O/c16-12-8-4-7-11(14(12)17)15(20)19-9-13(18)10-5-2-1-3-6-10/h1-8,13H,9,18H2,(H,19,20). The molecular weight excluding hydrogens is 323 g/mol. The fourth-order valence-electron chi connectivity index (χ4n) is 1.80. The van der Waals surface area contributed by atoms with Gasteiger partial charge in [-0.3, -0.25) is 4.79 Å². The van der Waals surface area contributed by atoms with Gasteiger partial charge in [0, 0.05) is 12.6 Å². The Morgan fingerprint density at radius 1 is 1.20 bits per heavy atom. The number of rotatable bonds is 4. The van der Waals surface area contributed by atoms with Gasteiger partial charge in [0.15, 0.2) is 0 Å². The molecule has 0 aliphatic heterocycles. The highest BCUT2D eigenvalue weighted by Gasteiger charge is 2.14. The van der Waals surface area contributed by atoms with Crippen molar-refractivity contribution in [3.8, 4) is 0 Å². The van der Waals surface area contributed by atoms with Crippen LogP contribution in [0.3, 0.4) is 0 Å². The fourth-order valence-corrected chi connectivity index (χ4v) is 2.16. The van der Waals surface area contributed by atoms with Gasteiger partial charge in [0.1, 0.15) is 5.82 Å². The molecule has 20 heavy (non-hydrogen) atoms. The van der Waals surface area contributed by atoms with Crippen molar-refractivity contribution in [3.05, 3.63) is 69.9 Å². The second-order valence-electron chi connectivity index (χ2n) is 4.33. The van der Waals surface area contributed by atoms with E-state index in [4.69, 9.17) is 5.73 Å². The molecule has 0 aromatic heterocycles. The number of hydrogen-bond donors (Lipinski definition) is 2. The number of nitrogens with one attached hydrogen (secondary N) is 1. The molecule has 0 bridgehead atoms. The molecule has 3 nitrogen and oxygen atoms in total. The molecule has 0 spiro atoms. The second kappa shape index (κ2) is 6.63. The molecule has 3 N–H and O–H groups in total. The predicted molar refractivity (Wildman–Crippen MR) is 79.8 cm³/mol. The molecule has 1 unspecified atom stereocenters. The zero-order valence-corrected chi connectivity index (χ0v) is 12.2. The van der Waals surface area contributed by atoms with Crippen LogP contribution in [0, 0.1) is 5.82 Å². The lowest BCUT2D eigenvalue weighted by Crippen LogP contribution is -2.32. The molecule has 0 aliphatic rings. The van der Waals surface area contributed by atoms with E-state index in [1.54, 1.807) is 12.1 Å². The molecule has 0 fully saturated rings. The Hall–Kier alpha value is -1.72. The van der Waals surface area contributed by atoms with E-state index in [9.17, 15) is 9.18 Å². The van der Waals surface area contributed by atoms with E-state index >= 15 is 0 Å². The fraction of sp³-hybridized carbons (Fsp3) is 0.133. The first-order valence-electron chi connectivity index (χ1n) is 6.12. The summed E-state index contributed by atoms with van der Waals surface area (Å²) in [4.78, 5) is 11.9. The van der Waals surface area contributed by atoms with Gasteiger partial charge in [-0.1, -0.05) is 36.4 Å². The monoisotopic (exact) mass is 336 g/mol. The lowest BCUT2D eigenvalue weighted by Gasteiger charge is -2.13. The lowest BCUT2D eigenvalue weighted by molar-refractivity contribution is 0.0947. The predicted octanol–water partition coefficient (Wildman–Crippen LogP) is 3.02. The first-order valence-corrected chi connectivity index (χ1v) is 6.91.